The third kappa shape index (κ3) is 7.23. The molecule has 0 unspecified atom stereocenters. The molecule has 1 saturated heterocycles. The summed E-state index contributed by atoms with van der Waals surface area (Å²) in [5.41, 5.74) is 1.22. The Morgan fingerprint density at radius 2 is 1.76 bits per heavy atom. The number of aromatic nitrogens is 2. The third-order valence-corrected chi connectivity index (χ3v) is 9.46. The molecule has 10 nitrogen and oxygen atoms in total. The van der Waals surface area contributed by atoms with Gasteiger partial charge in [-0.1, -0.05) is 13.8 Å². The predicted molar refractivity (Wildman–Crippen MR) is 189 cm³/mol. The van der Waals surface area contributed by atoms with Gasteiger partial charge in [0.1, 0.15) is 29.5 Å². The largest absolute Gasteiger partial charge is 0.493 e. The van der Waals surface area contributed by atoms with Gasteiger partial charge in [-0.05, 0) is 79.9 Å². The number of nitrogens with zero attached hydrogens (tertiary/aromatic N) is 3. The Balaban J connectivity index is 1.07. The molecule has 4 heterocycles. The monoisotopic (exact) mass is 696 g/mol. The highest BCUT2D eigenvalue weighted by Gasteiger charge is 2.28. The van der Waals surface area contributed by atoms with Gasteiger partial charge in [0.15, 0.2) is 23.1 Å². The first-order chi connectivity index (χ1) is 24.6. The first kappa shape index (κ1) is 34.0. The normalized spacial score (nSPS) is 15.2. The molecule has 0 bridgehead atoms. The van der Waals surface area contributed by atoms with Crippen molar-refractivity contribution in [3.05, 3.63) is 106 Å². The molecular formula is C39H38F2N4O6. The van der Waals surface area contributed by atoms with E-state index in [2.05, 4.69) is 29.0 Å². The molecule has 1 fully saturated rings. The van der Waals surface area contributed by atoms with E-state index in [0.717, 1.165) is 38.5 Å². The molecule has 5 aromatic rings. The van der Waals surface area contributed by atoms with Crippen LogP contribution >= 0.6 is 0 Å². The molecule has 1 amide bonds. The van der Waals surface area contributed by atoms with Crippen LogP contribution in [0.1, 0.15) is 42.6 Å². The zero-order valence-corrected chi connectivity index (χ0v) is 28.6. The molecular weight excluding hydrogens is 658 g/mol. The second-order valence-electron chi connectivity index (χ2n) is 13.5. The topological polar surface area (TPSA) is 104 Å². The van der Waals surface area contributed by atoms with Gasteiger partial charge in [-0.25, -0.2) is 8.78 Å². The molecule has 0 atom stereocenters. The van der Waals surface area contributed by atoms with Crippen LogP contribution in [0.15, 0.2) is 77.9 Å². The lowest BCUT2D eigenvalue weighted by Gasteiger charge is -2.36. The molecule has 51 heavy (non-hydrogen) atoms. The minimum Gasteiger partial charge on any atom is -0.493 e. The lowest BCUT2D eigenvalue weighted by Crippen LogP contribution is -2.39. The number of rotatable bonds is 10. The Morgan fingerprint density at radius 3 is 2.51 bits per heavy atom. The summed E-state index contributed by atoms with van der Waals surface area (Å²) >= 11 is 0. The van der Waals surface area contributed by atoms with Crippen LogP contribution in [0, 0.1) is 17.0 Å². The van der Waals surface area contributed by atoms with E-state index in [0.29, 0.717) is 64.5 Å². The average Bonchev–Trinajstić information content (AvgIpc) is 3.58. The van der Waals surface area contributed by atoms with Gasteiger partial charge in [-0.2, -0.15) is 0 Å². The molecule has 1 N–H and O–H groups in total. The van der Waals surface area contributed by atoms with E-state index >= 15 is 4.39 Å². The molecule has 0 saturated carbocycles. The van der Waals surface area contributed by atoms with Crippen LogP contribution in [0.5, 0.6) is 28.7 Å². The smallest absolute Gasteiger partial charge is 0.271 e. The van der Waals surface area contributed by atoms with Crippen molar-refractivity contribution in [3.63, 3.8) is 0 Å². The number of methoxy groups -OCH3 is 1. The summed E-state index contributed by atoms with van der Waals surface area (Å²) in [4.78, 5) is 33.8. The minimum absolute atomic E-state index is 0.0906. The van der Waals surface area contributed by atoms with Crippen LogP contribution in [0.3, 0.4) is 0 Å². The van der Waals surface area contributed by atoms with Crippen LogP contribution in [-0.4, -0.2) is 60.3 Å². The fraction of sp³-hybridized carbons (Fsp3) is 0.308. The number of amides is 1. The Hall–Kier alpha value is -5.49. The Bertz CT molecular complexity index is 2160. The summed E-state index contributed by atoms with van der Waals surface area (Å²) in [5, 5.41) is 3.20. The minimum atomic E-state index is -0.771. The second-order valence-corrected chi connectivity index (χ2v) is 13.5. The van der Waals surface area contributed by atoms with Crippen molar-refractivity contribution < 1.29 is 32.5 Å². The van der Waals surface area contributed by atoms with Crippen molar-refractivity contribution in [2.24, 2.45) is 5.41 Å². The van der Waals surface area contributed by atoms with Gasteiger partial charge in [0.05, 0.1) is 19.2 Å². The lowest BCUT2D eigenvalue weighted by atomic mass is 9.83. The van der Waals surface area contributed by atoms with Crippen molar-refractivity contribution >= 4 is 22.5 Å². The molecule has 3 aromatic carbocycles. The first-order valence-corrected chi connectivity index (χ1v) is 16.9. The average molecular weight is 697 g/mol. The molecule has 7 rings (SSSR count). The summed E-state index contributed by atoms with van der Waals surface area (Å²) in [6, 6.07) is 14.5. The Labute approximate surface area is 293 Å². The van der Waals surface area contributed by atoms with Gasteiger partial charge in [0.25, 0.3) is 11.5 Å². The van der Waals surface area contributed by atoms with E-state index < -0.39 is 23.1 Å². The van der Waals surface area contributed by atoms with Crippen LogP contribution in [0.2, 0.25) is 0 Å². The van der Waals surface area contributed by atoms with Gasteiger partial charge < -0.3 is 24.3 Å². The first-order valence-electron chi connectivity index (χ1n) is 16.9. The van der Waals surface area contributed by atoms with Crippen molar-refractivity contribution in [2.75, 3.05) is 45.3 Å². The highest BCUT2D eigenvalue weighted by molar-refractivity contribution is 6.06. The molecule has 2 aliphatic rings. The van der Waals surface area contributed by atoms with E-state index in [1.807, 2.05) is 0 Å². The summed E-state index contributed by atoms with van der Waals surface area (Å²) in [5.74, 6) is -0.497. The van der Waals surface area contributed by atoms with E-state index in [-0.39, 0.29) is 22.7 Å². The van der Waals surface area contributed by atoms with Crippen LogP contribution in [0.25, 0.3) is 16.6 Å². The number of hydrogen-bond acceptors (Lipinski definition) is 8. The number of piperidine rings is 1. The summed E-state index contributed by atoms with van der Waals surface area (Å²) in [7, 11) is 1.55. The number of benzene rings is 3. The van der Waals surface area contributed by atoms with Gasteiger partial charge in [-0.3, -0.25) is 24.0 Å². The predicted octanol–water partition coefficient (Wildman–Crippen LogP) is 7.15. The zero-order valence-electron chi connectivity index (χ0n) is 28.6. The number of fused-ring (bicyclic) bond motifs is 2. The highest BCUT2D eigenvalue weighted by atomic mass is 19.1. The maximum atomic E-state index is 15.5. The fourth-order valence-corrected chi connectivity index (χ4v) is 6.38. The van der Waals surface area contributed by atoms with E-state index in [1.165, 1.54) is 41.0 Å². The summed E-state index contributed by atoms with van der Waals surface area (Å²) in [6.07, 6.45) is 5.95. The van der Waals surface area contributed by atoms with Gasteiger partial charge >= 0.3 is 0 Å². The molecule has 0 aliphatic carbocycles. The number of hydrogen-bond donors (Lipinski definition) is 1. The molecule has 0 spiro atoms. The standard InChI is InChI=1S/C39H38F2N4O6/c1-39(2)12-15-44(16-13-39)17-19-49-34-22-30-28(21-33(34)48-3)31(10-14-42-30)51-32-9-6-26(20-29(32)41)43-37(46)35-36-24(11-18-50-36)23-45(38(35)47)27-7-4-25(40)5-8-27/h4-10,14,20-23H,11-13,15-19H2,1-3H3,(H,43,46). The van der Waals surface area contributed by atoms with Crippen LogP contribution < -0.4 is 29.8 Å². The third-order valence-electron chi connectivity index (χ3n) is 9.46. The van der Waals surface area contributed by atoms with E-state index in [1.54, 1.807) is 37.7 Å². The Kier molecular flexibility index (Phi) is 9.35. The lowest BCUT2D eigenvalue weighted by molar-refractivity contribution is 0.102. The van der Waals surface area contributed by atoms with Crippen molar-refractivity contribution in [1.82, 2.24) is 14.5 Å². The van der Waals surface area contributed by atoms with E-state index in [4.69, 9.17) is 18.9 Å². The molecule has 2 aliphatic heterocycles. The number of carbonyl (C=O) groups is 1. The van der Waals surface area contributed by atoms with Gasteiger partial charge in [0, 0.05) is 59.8 Å². The quantitative estimate of drug-likeness (QED) is 0.164. The molecule has 12 heteroatoms. The number of ether oxygens (including phenoxy) is 4. The Morgan fingerprint density at radius 1 is 0.980 bits per heavy atom. The number of likely N-dealkylation sites (tertiary alicyclic amines) is 1. The highest BCUT2D eigenvalue weighted by Crippen LogP contribution is 2.38. The number of anilines is 1. The molecule has 264 valence electrons. The number of nitrogens with one attached hydrogen (secondary N) is 1. The molecule has 2 aromatic heterocycles. The maximum absolute atomic E-state index is 15.5. The van der Waals surface area contributed by atoms with Gasteiger partial charge in [0.2, 0.25) is 0 Å². The SMILES string of the molecule is COc1cc2c(Oc3ccc(NC(=O)c4c5c(cn(-c6ccc(F)cc6)c4=O)CCO5)cc3F)ccnc2cc1OCCN1CCC(C)(C)CC1. The maximum Gasteiger partial charge on any atom is 0.271 e. The van der Waals surface area contributed by atoms with Crippen LogP contribution in [0.4, 0.5) is 14.5 Å². The van der Waals surface area contributed by atoms with Crippen molar-refractivity contribution in [1.29, 1.82) is 0 Å². The van der Waals surface area contributed by atoms with E-state index in [9.17, 15) is 14.0 Å². The number of carbonyl (C=O) groups excluding carboxylic acids is 1. The molecule has 0 radical (unpaired) electrons. The zero-order chi connectivity index (χ0) is 35.7. The van der Waals surface area contributed by atoms with Gasteiger partial charge in [-0.15, -0.1) is 0 Å². The second kappa shape index (κ2) is 14.0. The fourth-order valence-electron chi connectivity index (χ4n) is 6.38. The summed E-state index contributed by atoms with van der Waals surface area (Å²) in [6.45, 7) is 8.29. The van der Waals surface area contributed by atoms with Crippen molar-refractivity contribution in [3.8, 4) is 34.4 Å². The van der Waals surface area contributed by atoms with Crippen LogP contribution in [-0.2, 0) is 6.42 Å². The summed E-state index contributed by atoms with van der Waals surface area (Å²) < 4.78 is 53.7. The van der Waals surface area contributed by atoms with Crippen molar-refractivity contribution in [2.45, 2.75) is 33.1 Å². The number of pyridine rings is 2. The number of halogens is 2.